The first kappa shape index (κ1) is 26.3. The number of ether oxygens (including phenoxy) is 2. The first-order valence-electron chi connectivity index (χ1n) is 11.6. The first-order chi connectivity index (χ1) is 16.9. The van der Waals surface area contributed by atoms with E-state index in [4.69, 9.17) is 14.6 Å². The Bertz CT molecular complexity index is 987. The summed E-state index contributed by atoms with van der Waals surface area (Å²) < 4.78 is 11.1. The summed E-state index contributed by atoms with van der Waals surface area (Å²) in [5.74, 6) is -1.10. The molecule has 9 heteroatoms. The van der Waals surface area contributed by atoms with E-state index >= 15 is 0 Å². The maximum absolute atomic E-state index is 12.8. The molecule has 3 rings (SSSR count). The van der Waals surface area contributed by atoms with Gasteiger partial charge in [0.15, 0.2) is 11.8 Å². The smallest absolute Gasteiger partial charge is 0.254 e. The Morgan fingerprint density at radius 1 is 1.09 bits per heavy atom. The van der Waals surface area contributed by atoms with Crippen molar-refractivity contribution in [3.63, 3.8) is 0 Å². The maximum atomic E-state index is 12.8. The van der Waals surface area contributed by atoms with Gasteiger partial charge in [-0.05, 0) is 41.8 Å². The number of likely N-dealkylation sites (tertiary alicyclic amines) is 1. The Labute approximate surface area is 205 Å². The lowest BCUT2D eigenvalue weighted by Crippen LogP contribution is -2.52. The number of methoxy groups -OCH3 is 1. The number of carbonyl (C=O) groups excluding carboxylic acids is 3. The highest BCUT2D eigenvalue weighted by Gasteiger charge is 2.32. The molecule has 2 aromatic carbocycles. The largest absolute Gasteiger partial charge is 0.494 e. The van der Waals surface area contributed by atoms with E-state index in [0.29, 0.717) is 18.3 Å². The minimum atomic E-state index is -1.39. The molecule has 0 bridgehead atoms. The summed E-state index contributed by atoms with van der Waals surface area (Å²) in [6.07, 6.45) is 1.32. The molecule has 0 radical (unpaired) electrons. The van der Waals surface area contributed by atoms with Gasteiger partial charge in [0, 0.05) is 46.4 Å². The molecule has 1 heterocycles. The van der Waals surface area contributed by atoms with Gasteiger partial charge < -0.3 is 24.8 Å². The molecular weight excluding hydrogens is 450 g/mol. The van der Waals surface area contributed by atoms with E-state index in [0.717, 1.165) is 47.8 Å². The lowest BCUT2D eigenvalue weighted by molar-refractivity contribution is -0.135. The van der Waals surface area contributed by atoms with Crippen LogP contribution in [0.25, 0.3) is 11.1 Å². The van der Waals surface area contributed by atoms with Crippen LogP contribution in [0, 0.1) is 0 Å². The van der Waals surface area contributed by atoms with Crippen molar-refractivity contribution in [2.24, 2.45) is 0 Å². The molecule has 2 aromatic rings. The topological polar surface area (TPSA) is 108 Å². The van der Waals surface area contributed by atoms with Crippen LogP contribution in [0.3, 0.4) is 0 Å². The van der Waals surface area contributed by atoms with Crippen molar-refractivity contribution in [3.05, 3.63) is 54.1 Å². The number of hydrogen-bond acceptors (Lipinski definition) is 7. The number of nitrogens with zero attached hydrogens (tertiary/aromatic N) is 2. The minimum absolute atomic E-state index is 0.329. The molecule has 2 amide bonds. The lowest BCUT2D eigenvalue weighted by Gasteiger charge is -2.38. The molecular formula is C26H33N3O6. The highest BCUT2D eigenvalue weighted by atomic mass is 16.5. The summed E-state index contributed by atoms with van der Waals surface area (Å²) in [4.78, 5) is 40.3. The number of amides is 2. The zero-order chi connectivity index (χ0) is 25.4. The van der Waals surface area contributed by atoms with Crippen LogP contribution in [0.1, 0.15) is 16.8 Å². The van der Waals surface area contributed by atoms with Gasteiger partial charge in [-0.2, -0.15) is 0 Å². The van der Waals surface area contributed by atoms with Crippen LogP contribution in [0.15, 0.2) is 48.5 Å². The van der Waals surface area contributed by atoms with Crippen LogP contribution in [0.4, 0.5) is 0 Å². The Morgan fingerprint density at radius 3 is 2.23 bits per heavy atom. The fraction of sp³-hybridized carbons (Fsp3) is 0.423. The van der Waals surface area contributed by atoms with Gasteiger partial charge in [0.25, 0.3) is 5.91 Å². The second-order valence-electron chi connectivity index (χ2n) is 8.48. The van der Waals surface area contributed by atoms with Gasteiger partial charge in [-0.15, -0.1) is 0 Å². The average molecular weight is 484 g/mol. The molecule has 1 atom stereocenters. The van der Waals surface area contributed by atoms with Gasteiger partial charge in [0.05, 0.1) is 12.7 Å². The summed E-state index contributed by atoms with van der Waals surface area (Å²) in [6.45, 7) is 2.79. The Morgan fingerprint density at radius 2 is 1.69 bits per heavy atom. The van der Waals surface area contributed by atoms with Crippen LogP contribution >= 0.6 is 0 Å². The Balaban J connectivity index is 1.54. The molecule has 9 nitrogen and oxygen atoms in total. The van der Waals surface area contributed by atoms with Crippen molar-refractivity contribution in [1.82, 2.24) is 15.1 Å². The number of Topliss-reactive ketones (excluding diaryl/α,β-unsaturated/α-hetero) is 1. The van der Waals surface area contributed by atoms with E-state index in [-0.39, 0.29) is 0 Å². The van der Waals surface area contributed by atoms with Gasteiger partial charge in [-0.3, -0.25) is 19.3 Å². The standard InChI is InChI=1S/C26H33N3O6/c1-27-25(32)24(23(31)17-30)28(2)26(33)20-7-5-18(6-8-20)19-9-11-21(12-10-19)35-14-4-13-29-15-22(16-29)34-3/h5-12,22,24,30H,4,13-17H2,1-3H3,(H,27,32). The molecule has 1 unspecified atom stereocenters. The van der Waals surface area contributed by atoms with Crippen molar-refractivity contribution in [3.8, 4) is 16.9 Å². The van der Waals surface area contributed by atoms with E-state index in [1.807, 2.05) is 24.3 Å². The third-order valence-corrected chi connectivity index (χ3v) is 6.13. The van der Waals surface area contributed by atoms with Gasteiger partial charge in [0.2, 0.25) is 5.91 Å². The van der Waals surface area contributed by atoms with Crippen molar-refractivity contribution >= 4 is 17.6 Å². The zero-order valence-corrected chi connectivity index (χ0v) is 20.4. The number of ketones is 1. The number of aliphatic hydroxyl groups excluding tert-OH is 1. The molecule has 2 N–H and O–H groups in total. The Kier molecular flexibility index (Phi) is 9.36. The van der Waals surface area contributed by atoms with E-state index in [1.54, 1.807) is 31.4 Å². The number of rotatable bonds is 12. The quantitative estimate of drug-likeness (QED) is 0.345. The van der Waals surface area contributed by atoms with Crippen molar-refractivity contribution in [2.45, 2.75) is 18.6 Å². The Hall–Kier alpha value is -3.27. The zero-order valence-electron chi connectivity index (χ0n) is 20.4. The van der Waals surface area contributed by atoms with E-state index in [2.05, 4.69) is 10.2 Å². The van der Waals surface area contributed by atoms with E-state index in [1.165, 1.54) is 14.1 Å². The second kappa shape index (κ2) is 12.4. The minimum Gasteiger partial charge on any atom is -0.494 e. The van der Waals surface area contributed by atoms with Crippen molar-refractivity contribution < 1.29 is 29.0 Å². The molecule has 1 aliphatic rings. The predicted octanol–water partition coefficient (Wildman–Crippen LogP) is 1.20. The molecule has 0 spiro atoms. The number of nitrogens with one attached hydrogen (secondary N) is 1. The summed E-state index contributed by atoms with van der Waals surface area (Å²) in [5.41, 5.74) is 2.21. The molecule has 0 aromatic heterocycles. The second-order valence-corrected chi connectivity index (χ2v) is 8.48. The molecule has 1 aliphatic heterocycles. The van der Waals surface area contributed by atoms with Gasteiger partial charge in [-0.1, -0.05) is 24.3 Å². The summed E-state index contributed by atoms with van der Waals surface area (Å²) in [7, 11) is 4.48. The maximum Gasteiger partial charge on any atom is 0.254 e. The van der Waals surface area contributed by atoms with Crippen LogP contribution in [-0.2, 0) is 14.3 Å². The number of likely N-dealkylation sites (N-methyl/N-ethyl adjacent to an activating group) is 2. The summed E-state index contributed by atoms with van der Waals surface area (Å²) in [5, 5.41) is 11.5. The third kappa shape index (κ3) is 6.66. The molecule has 35 heavy (non-hydrogen) atoms. The number of benzene rings is 2. The van der Waals surface area contributed by atoms with Crippen LogP contribution < -0.4 is 10.1 Å². The van der Waals surface area contributed by atoms with Crippen LogP contribution in [-0.4, -0.2) is 98.7 Å². The highest BCUT2D eigenvalue weighted by Crippen LogP contribution is 2.23. The number of aliphatic hydroxyl groups is 1. The lowest BCUT2D eigenvalue weighted by atomic mass is 10.0. The van der Waals surface area contributed by atoms with Crippen LogP contribution in [0.5, 0.6) is 5.75 Å². The number of carbonyl (C=O) groups is 3. The predicted molar refractivity (Wildman–Crippen MR) is 131 cm³/mol. The summed E-state index contributed by atoms with van der Waals surface area (Å²) >= 11 is 0. The molecule has 1 fully saturated rings. The highest BCUT2D eigenvalue weighted by molar-refractivity contribution is 6.10. The average Bonchev–Trinajstić information content (AvgIpc) is 2.87. The monoisotopic (exact) mass is 483 g/mol. The van der Waals surface area contributed by atoms with Crippen molar-refractivity contribution in [1.29, 1.82) is 0 Å². The molecule has 188 valence electrons. The van der Waals surface area contributed by atoms with E-state index in [9.17, 15) is 14.4 Å². The fourth-order valence-corrected chi connectivity index (χ4v) is 3.96. The molecule has 0 saturated carbocycles. The van der Waals surface area contributed by atoms with Gasteiger partial charge in [0.1, 0.15) is 12.4 Å². The fourth-order valence-electron chi connectivity index (χ4n) is 3.96. The first-order valence-corrected chi connectivity index (χ1v) is 11.6. The SMILES string of the molecule is CNC(=O)C(C(=O)CO)N(C)C(=O)c1ccc(-c2ccc(OCCCN3CC(OC)C3)cc2)cc1. The van der Waals surface area contributed by atoms with Gasteiger partial charge in [-0.25, -0.2) is 0 Å². The third-order valence-electron chi connectivity index (χ3n) is 6.13. The number of hydrogen-bond donors (Lipinski definition) is 2. The molecule has 0 aliphatic carbocycles. The van der Waals surface area contributed by atoms with Crippen molar-refractivity contribution in [2.75, 3.05) is 54.1 Å². The summed E-state index contributed by atoms with van der Waals surface area (Å²) in [6, 6.07) is 13.3. The van der Waals surface area contributed by atoms with E-state index < -0.39 is 30.2 Å². The van der Waals surface area contributed by atoms with Gasteiger partial charge >= 0.3 is 0 Å². The normalized spacial score (nSPS) is 14.6. The molecule has 1 saturated heterocycles. The van der Waals surface area contributed by atoms with Crippen LogP contribution in [0.2, 0.25) is 0 Å².